The number of alkyl halides is 1. The number of halogens is 1. The van der Waals surface area contributed by atoms with Gasteiger partial charge in [-0.25, -0.2) is 0 Å². The minimum Gasteiger partial charge on any atom is -0.272 e. The fraction of sp³-hybridized carbons (Fsp3) is 0.769. The Morgan fingerprint density at radius 3 is 2.50 bits per heavy atom. The van der Waals surface area contributed by atoms with Crippen LogP contribution in [-0.2, 0) is 19.9 Å². The van der Waals surface area contributed by atoms with Gasteiger partial charge in [0.25, 0.3) is 0 Å². The summed E-state index contributed by atoms with van der Waals surface area (Å²) in [6.45, 7) is 9.07. The number of hydrogen-bond donors (Lipinski definition) is 0. The summed E-state index contributed by atoms with van der Waals surface area (Å²) in [5, 5.41) is 5.54. The largest absolute Gasteiger partial charge is 0.272 e. The van der Waals surface area contributed by atoms with Crippen LogP contribution in [0.4, 0.5) is 0 Å². The lowest BCUT2D eigenvalue weighted by atomic mass is 9.77. The maximum Gasteiger partial charge on any atom is 0.0624 e. The average Bonchev–Trinajstić information content (AvgIpc) is 2.59. The lowest BCUT2D eigenvalue weighted by molar-refractivity contribution is 0.252. The summed E-state index contributed by atoms with van der Waals surface area (Å²) in [4.78, 5) is 0. The lowest BCUT2D eigenvalue weighted by Crippen LogP contribution is -2.29. The van der Waals surface area contributed by atoms with Crippen LogP contribution >= 0.6 is 15.9 Å². The van der Waals surface area contributed by atoms with Crippen LogP contribution < -0.4 is 0 Å². The monoisotopic (exact) mass is 286 g/mol. The molecule has 2 nitrogen and oxygen atoms in total. The first-order valence-electron chi connectivity index (χ1n) is 6.00. The van der Waals surface area contributed by atoms with Gasteiger partial charge in [0.1, 0.15) is 0 Å². The standard InChI is InChI=1S/C13H23BrN2/c1-6-11-7-12(16(5)15-11)8-13(4,9-14)10(2)3/h7,10H,6,8-9H2,1-5H3. The second kappa shape index (κ2) is 5.35. The summed E-state index contributed by atoms with van der Waals surface area (Å²) in [6, 6.07) is 2.24. The van der Waals surface area contributed by atoms with Crippen LogP contribution in [0.5, 0.6) is 0 Å². The molecule has 0 aliphatic carbocycles. The molecule has 0 saturated carbocycles. The van der Waals surface area contributed by atoms with Crippen molar-refractivity contribution in [1.29, 1.82) is 0 Å². The van der Waals surface area contributed by atoms with Crippen LogP contribution in [0.3, 0.4) is 0 Å². The van der Waals surface area contributed by atoms with Gasteiger partial charge >= 0.3 is 0 Å². The zero-order chi connectivity index (χ0) is 12.3. The second-order valence-electron chi connectivity index (χ2n) is 5.22. The molecule has 0 spiro atoms. The third kappa shape index (κ3) is 2.88. The third-order valence-electron chi connectivity index (χ3n) is 3.67. The Kier molecular flexibility index (Phi) is 4.60. The van der Waals surface area contributed by atoms with Gasteiger partial charge in [0.05, 0.1) is 5.69 Å². The number of aryl methyl sites for hydroxylation is 2. The molecule has 1 aromatic rings. The molecule has 1 aromatic heterocycles. The molecular weight excluding hydrogens is 264 g/mol. The van der Waals surface area contributed by atoms with Crippen molar-refractivity contribution in [2.24, 2.45) is 18.4 Å². The molecule has 1 unspecified atom stereocenters. The van der Waals surface area contributed by atoms with Crippen molar-refractivity contribution in [3.05, 3.63) is 17.5 Å². The van der Waals surface area contributed by atoms with E-state index in [-0.39, 0.29) is 0 Å². The summed E-state index contributed by atoms with van der Waals surface area (Å²) in [5.41, 5.74) is 2.84. The van der Waals surface area contributed by atoms with Crippen molar-refractivity contribution >= 4 is 15.9 Å². The molecule has 0 amide bonds. The molecule has 0 radical (unpaired) electrons. The molecule has 0 fully saturated rings. The second-order valence-corrected chi connectivity index (χ2v) is 5.78. The van der Waals surface area contributed by atoms with Gasteiger partial charge < -0.3 is 0 Å². The quantitative estimate of drug-likeness (QED) is 0.757. The summed E-state index contributed by atoms with van der Waals surface area (Å²) in [7, 11) is 2.05. The Hall–Kier alpha value is -0.310. The summed E-state index contributed by atoms with van der Waals surface area (Å²) in [5.74, 6) is 0.659. The Labute approximate surface area is 108 Å². The highest BCUT2D eigenvalue weighted by atomic mass is 79.9. The van der Waals surface area contributed by atoms with Gasteiger partial charge in [-0.05, 0) is 30.2 Å². The Morgan fingerprint density at radius 2 is 2.12 bits per heavy atom. The molecule has 0 aromatic carbocycles. The van der Waals surface area contributed by atoms with Crippen molar-refractivity contribution < 1.29 is 0 Å². The summed E-state index contributed by atoms with van der Waals surface area (Å²) >= 11 is 3.65. The van der Waals surface area contributed by atoms with E-state index < -0.39 is 0 Å². The molecule has 16 heavy (non-hydrogen) atoms. The smallest absolute Gasteiger partial charge is 0.0624 e. The van der Waals surface area contributed by atoms with Crippen molar-refractivity contribution in [1.82, 2.24) is 9.78 Å². The number of nitrogens with zero attached hydrogens (tertiary/aromatic N) is 2. The normalized spacial score (nSPS) is 15.4. The van der Waals surface area contributed by atoms with Crippen LogP contribution in [0.1, 0.15) is 39.1 Å². The van der Waals surface area contributed by atoms with Gasteiger partial charge in [-0.3, -0.25) is 4.68 Å². The topological polar surface area (TPSA) is 17.8 Å². The highest BCUT2D eigenvalue weighted by molar-refractivity contribution is 9.09. The van der Waals surface area contributed by atoms with Gasteiger partial charge in [0.2, 0.25) is 0 Å². The number of hydrogen-bond acceptors (Lipinski definition) is 1. The molecule has 0 aliphatic heterocycles. The van der Waals surface area contributed by atoms with Crippen molar-refractivity contribution in [2.75, 3.05) is 5.33 Å². The first kappa shape index (κ1) is 13.8. The maximum absolute atomic E-state index is 4.51. The van der Waals surface area contributed by atoms with Gasteiger partial charge in [-0.15, -0.1) is 0 Å². The molecule has 0 N–H and O–H groups in total. The fourth-order valence-corrected chi connectivity index (χ4v) is 2.57. The van der Waals surface area contributed by atoms with Gasteiger partial charge in [0.15, 0.2) is 0 Å². The van der Waals surface area contributed by atoms with Crippen LogP contribution in [0.2, 0.25) is 0 Å². The Bertz CT molecular complexity index is 344. The van der Waals surface area contributed by atoms with Crippen molar-refractivity contribution in [3.63, 3.8) is 0 Å². The SMILES string of the molecule is CCc1cc(CC(C)(CBr)C(C)C)n(C)n1. The van der Waals surface area contributed by atoms with E-state index in [1.54, 1.807) is 0 Å². The average molecular weight is 287 g/mol. The highest BCUT2D eigenvalue weighted by Crippen LogP contribution is 2.33. The molecule has 0 aliphatic rings. The lowest BCUT2D eigenvalue weighted by Gasteiger charge is -2.31. The van der Waals surface area contributed by atoms with Gasteiger partial charge in [-0.1, -0.05) is 43.6 Å². The zero-order valence-electron chi connectivity index (χ0n) is 11.0. The molecule has 3 heteroatoms. The molecule has 92 valence electrons. The molecule has 0 bridgehead atoms. The summed E-state index contributed by atoms with van der Waals surface area (Å²) in [6.07, 6.45) is 2.10. The van der Waals surface area contributed by atoms with Crippen LogP contribution in [0.15, 0.2) is 6.07 Å². The Balaban J connectivity index is 2.89. The van der Waals surface area contributed by atoms with E-state index in [9.17, 15) is 0 Å². The highest BCUT2D eigenvalue weighted by Gasteiger charge is 2.28. The van der Waals surface area contributed by atoms with E-state index in [2.05, 4.69) is 54.8 Å². The van der Waals surface area contributed by atoms with Crippen molar-refractivity contribution in [2.45, 2.75) is 40.5 Å². The number of rotatable bonds is 5. The van der Waals surface area contributed by atoms with E-state index in [0.29, 0.717) is 11.3 Å². The van der Waals surface area contributed by atoms with Crippen LogP contribution in [-0.4, -0.2) is 15.1 Å². The minimum absolute atomic E-state index is 0.304. The van der Waals surface area contributed by atoms with Crippen molar-refractivity contribution in [3.8, 4) is 0 Å². The third-order valence-corrected chi connectivity index (χ3v) is 4.95. The predicted octanol–water partition coefficient (Wildman–Crippen LogP) is 3.58. The van der Waals surface area contributed by atoms with E-state index in [4.69, 9.17) is 0 Å². The predicted molar refractivity (Wildman–Crippen MR) is 73.0 cm³/mol. The molecule has 1 rings (SSSR count). The maximum atomic E-state index is 4.51. The van der Waals surface area contributed by atoms with E-state index in [0.717, 1.165) is 18.2 Å². The van der Waals surface area contributed by atoms with Gasteiger partial charge in [0, 0.05) is 18.1 Å². The summed E-state index contributed by atoms with van der Waals surface area (Å²) < 4.78 is 2.03. The molecule has 0 saturated heterocycles. The Morgan fingerprint density at radius 1 is 1.50 bits per heavy atom. The minimum atomic E-state index is 0.304. The van der Waals surface area contributed by atoms with Crippen LogP contribution in [0.25, 0.3) is 0 Å². The molecular formula is C13H23BrN2. The first-order chi connectivity index (χ1) is 7.42. The van der Waals surface area contributed by atoms with E-state index >= 15 is 0 Å². The first-order valence-corrected chi connectivity index (χ1v) is 7.13. The molecule has 1 atom stereocenters. The van der Waals surface area contributed by atoms with E-state index in [1.165, 1.54) is 11.4 Å². The zero-order valence-corrected chi connectivity index (χ0v) is 12.6. The molecule has 1 heterocycles. The van der Waals surface area contributed by atoms with Gasteiger partial charge in [-0.2, -0.15) is 5.10 Å². The van der Waals surface area contributed by atoms with Crippen LogP contribution in [0, 0.1) is 11.3 Å². The van der Waals surface area contributed by atoms with E-state index in [1.807, 2.05) is 11.7 Å². The fourth-order valence-electron chi connectivity index (χ4n) is 1.73. The number of aromatic nitrogens is 2.